The molecule has 1 aliphatic rings. The first-order valence-corrected chi connectivity index (χ1v) is 11.6. The number of rotatable bonds is 8. The number of methoxy groups -OCH3 is 2. The van der Waals surface area contributed by atoms with E-state index in [0.717, 1.165) is 22.3 Å². The molecule has 36 heavy (non-hydrogen) atoms. The molecule has 186 valence electrons. The van der Waals surface area contributed by atoms with Gasteiger partial charge in [-0.05, 0) is 23.3 Å². The second-order valence-electron chi connectivity index (χ2n) is 7.71. The van der Waals surface area contributed by atoms with Crippen molar-refractivity contribution in [1.82, 2.24) is 15.2 Å². The van der Waals surface area contributed by atoms with Gasteiger partial charge in [0.15, 0.2) is 22.4 Å². The lowest BCUT2D eigenvalue weighted by atomic mass is 10.0. The number of hydrogen-bond acceptors (Lipinski definition) is 8. The van der Waals surface area contributed by atoms with Crippen molar-refractivity contribution in [2.24, 2.45) is 0 Å². The number of hydrogen-bond donors (Lipinski definition) is 2. The molecule has 2 heterocycles. The maximum absolute atomic E-state index is 14.3. The van der Waals surface area contributed by atoms with E-state index in [2.05, 4.69) is 20.4 Å². The van der Waals surface area contributed by atoms with E-state index in [0.29, 0.717) is 5.56 Å². The fourth-order valence-electron chi connectivity index (χ4n) is 3.73. The van der Waals surface area contributed by atoms with Gasteiger partial charge in [-0.25, -0.2) is 23.9 Å². The molecule has 2 N–H and O–H groups in total. The van der Waals surface area contributed by atoms with Crippen LogP contribution in [0.1, 0.15) is 27.7 Å². The lowest BCUT2D eigenvalue weighted by molar-refractivity contribution is -0.134. The van der Waals surface area contributed by atoms with Crippen LogP contribution in [0.2, 0.25) is 0 Å². The largest absolute Gasteiger partial charge is 0.494 e. The van der Waals surface area contributed by atoms with E-state index in [4.69, 9.17) is 4.74 Å². The van der Waals surface area contributed by atoms with Gasteiger partial charge in [-0.3, -0.25) is 9.59 Å². The van der Waals surface area contributed by atoms with Crippen LogP contribution < -0.4 is 15.4 Å². The highest BCUT2D eigenvalue weighted by Crippen LogP contribution is 2.29. The second-order valence-corrected chi connectivity index (χ2v) is 8.57. The third kappa shape index (κ3) is 5.03. The number of nitrogens with zero attached hydrogens (tertiary/aromatic N) is 2. The van der Waals surface area contributed by atoms with Gasteiger partial charge in [0.05, 0.1) is 14.2 Å². The molecule has 1 aromatic heterocycles. The van der Waals surface area contributed by atoms with Gasteiger partial charge in [-0.2, -0.15) is 0 Å². The quantitative estimate of drug-likeness (QED) is 0.351. The molecule has 0 spiro atoms. The molecule has 0 radical (unpaired) electrons. The number of amides is 4. The van der Waals surface area contributed by atoms with Crippen molar-refractivity contribution in [1.29, 1.82) is 0 Å². The lowest BCUT2D eigenvalue weighted by Gasteiger charge is -2.24. The van der Waals surface area contributed by atoms with Crippen LogP contribution in [0.4, 0.5) is 14.3 Å². The van der Waals surface area contributed by atoms with E-state index in [-0.39, 0.29) is 28.6 Å². The molecule has 0 bridgehead atoms. The molecular weight excluding hydrogens is 491 g/mol. The van der Waals surface area contributed by atoms with Gasteiger partial charge >= 0.3 is 12.0 Å². The summed E-state index contributed by atoms with van der Waals surface area (Å²) in [4.78, 5) is 56.1. The van der Waals surface area contributed by atoms with Crippen molar-refractivity contribution in [3.63, 3.8) is 0 Å². The summed E-state index contributed by atoms with van der Waals surface area (Å²) in [6, 6.07) is 9.52. The van der Waals surface area contributed by atoms with Crippen LogP contribution in [0.5, 0.6) is 5.75 Å². The number of benzene rings is 2. The summed E-state index contributed by atoms with van der Waals surface area (Å²) in [6.45, 7) is 0. The molecule has 0 saturated carbocycles. The second kappa shape index (κ2) is 10.5. The predicted octanol–water partition coefficient (Wildman–Crippen LogP) is 2.92. The minimum absolute atomic E-state index is 0.00833. The minimum Gasteiger partial charge on any atom is -0.494 e. The van der Waals surface area contributed by atoms with Crippen molar-refractivity contribution >= 4 is 40.3 Å². The summed E-state index contributed by atoms with van der Waals surface area (Å²) < 4.78 is 23.8. The third-order valence-corrected chi connectivity index (χ3v) is 6.25. The van der Waals surface area contributed by atoms with Crippen LogP contribution in [0.15, 0.2) is 53.9 Å². The standard InChI is InChI=1S/C24H21FN4O6S/c1-34-18-9-8-14(11-15(18)25)19-21(31)29(24(33)27-19)17(10-13-6-4-3-5-7-13)20(30)28-23-26-16(12-36-23)22(32)35-2/h3-9,11-12,17,19H,10H2,1-2H3,(H,27,33)(H,26,28,30). The average Bonchev–Trinajstić information content (AvgIpc) is 3.46. The molecule has 1 fully saturated rings. The molecular formula is C24H21FN4O6S. The average molecular weight is 513 g/mol. The minimum atomic E-state index is -1.25. The molecule has 12 heteroatoms. The Labute approximate surface area is 209 Å². The van der Waals surface area contributed by atoms with E-state index in [1.807, 2.05) is 0 Å². The number of ether oxygens (including phenoxy) is 2. The Balaban J connectivity index is 1.62. The molecule has 4 rings (SSSR count). The third-order valence-electron chi connectivity index (χ3n) is 5.50. The summed E-state index contributed by atoms with van der Waals surface area (Å²) >= 11 is 0.990. The van der Waals surface area contributed by atoms with Gasteiger partial charge in [0.2, 0.25) is 5.91 Å². The Morgan fingerprint density at radius 1 is 1.19 bits per heavy atom. The molecule has 1 aliphatic heterocycles. The number of anilines is 1. The van der Waals surface area contributed by atoms with Gasteiger partial charge < -0.3 is 20.1 Å². The van der Waals surface area contributed by atoms with Crippen LogP contribution in [0.25, 0.3) is 0 Å². The highest BCUT2D eigenvalue weighted by Gasteiger charge is 2.45. The number of urea groups is 1. The zero-order chi connectivity index (χ0) is 25.8. The number of imide groups is 1. The SMILES string of the molecule is COC(=O)c1csc(NC(=O)C(Cc2ccccc2)N2C(=O)NC(c3ccc(OC)c(F)c3)C2=O)n1. The van der Waals surface area contributed by atoms with Crippen molar-refractivity contribution in [2.75, 3.05) is 19.5 Å². The highest BCUT2D eigenvalue weighted by molar-refractivity contribution is 7.14. The predicted molar refractivity (Wildman–Crippen MR) is 127 cm³/mol. The summed E-state index contributed by atoms with van der Waals surface area (Å²) in [5.41, 5.74) is 0.913. The summed E-state index contributed by atoms with van der Waals surface area (Å²) in [5, 5.41) is 6.60. The molecule has 2 unspecified atom stereocenters. The Bertz CT molecular complexity index is 1310. The topological polar surface area (TPSA) is 127 Å². The van der Waals surface area contributed by atoms with E-state index < -0.39 is 41.7 Å². The Hall–Kier alpha value is -4.32. The number of nitrogens with one attached hydrogen (secondary N) is 2. The van der Waals surface area contributed by atoms with E-state index >= 15 is 0 Å². The fourth-order valence-corrected chi connectivity index (χ4v) is 4.42. The van der Waals surface area contributed by atoms with E-state index in [9.17, 15) is 23.6 Å². The van der Waals surface area contributed by atoms with E-state index in [1.54, 1.807) is 30.3 Å². The first-order chi connectivity index (χ1) is 17.3. The summed E-state index contributed by atoms with van der Waals surface area (Å²) in [6.07, 6.45) is 0.0186. The van der Waals surface area contributed by atoms with Crippen molar-refractivity contribution in [3.05, 3.63) is 76.5 Å². The lowest BCUT2D eigenvalue weighted by Crippen LogP contribution is -2.49. The maximum atomic E-state index is 14.3. The zero-order valence-electron chi connectivity index (χ0n) is 19.2. The smallest absolute Gasteiger partial charge is 0.357 e. The zero-order valence-corrected chi connectivity index (χ0v) is 20.0. The molecule has 0 aliphatic carbocycles. The molecule has 2 atom stereocenters. The van der Waals surface area contributed by atoms with Gasteiger partial charge in [0.1, 0.15) is 12.1 Å². The van der Waals surface area contributed by atoms with Crippen LogP contribution in [0, 0.1) is 5.82 Å². The molecule has 10 nitrogen and oxygen atoms in total. The molecule has 2 aromatic carbocycles. The number of aromatic nitrogens is 1. The number of halogens is 1. The van der Waals surface area contributed by atoms with Gasteiger partial charge in [-0.1, -0.05) is 36.4 Å². The summed E-state index contributed by atoms with van der Waals surface area (Å²) in [5.74, 6) is -2.77. The highest BCUT2D eigenvalue weighted by atomic mass is 32.1. The Morgan fingerprint density at radius 3 is 2.61 bits per heavy atom. The Morgan fingerprint density at radius 2 is 1.94 bits per heavy atom. The monoisotopic (exact) mass is 512 g/mol. The fraction of sp³-hybridized carbons (Fsp3) is 0.208. The first kappa shape index (κ1) is 24.8. The van der Waals surface area contributed by atoms with Gasteiger partial charge in [-0.15, -0.1) is 11.3 Å². The van der Waals surface area contributed by atoms with Crippen LogP contribution in [-0.4, -0.2) is 54.0 Å². The first-order valence-electron chi connectivity index (χ1n) is 10.7. The van der Waals surface area contributed by atoms with Crippen molar-refractivity contribution in [2.45, 2.75) is 18.5 Å². The number of carbonyl (C=O) groups is 4. The van der Waals surface area contributed by atoms with Gasteiger partial charge in [0.25, 0.3) is 5.91 Å². The Kier molecular flexibility index (Phi) is 7.25. The van der Waals surface area contributed by atoms with Crippen molar-refractivity contribution in [3.8, 4) is 5.75 Å². The molecule has 4 amide bonds. The van der Waals surface area contributed by atoms with E-state index in [1.165, 1.54) is 31.7 Å². The molecule has 3 aromatic rings. The normalized spacial score (nSPS) is 15.9. The summed E-state index contributed by atoms with van der Waals surface area (Å²) in [7, 11) is 2.52. The molecule has 1 saturated heterocycles. The maximum Gasteiger partial charge on any atom is 0.357 e. The van der Waals surface area contributed by atoms with Crippen LogP contribution in [-0.2, 0) is 20.7 Å². The van der Waals surface area contributed by atoms with Gasteiger partial charge in [0, 0.05) is 11.8 Å². The van der Waals surface area contributed by atoms with Crippen LogP contribution >= 0.6 is 11.3 Å². The number of thiazole rings is 1. The number of esters is 1. The van der Waals surface area contributed by atoms with Crippen LogP contribution in [0.3, 0.4) is 0 Å². The van der Waals surface area contributed by atoms with Crippen molar-refractivity contribution < 1.29 is 33.0 Å². The number of carbonyl (C=O) groups excluding carboxylic acids is 4.